The molecule has 3 heterocycles. The lowest BCUT2D eigenvalue weighted by Gasteiger charge is -2.28. The Morgan fingerprint density at radius 2 is 1.81 bits per heavy atom. The summed E-state index contributed by atoms with van der Waals surface area (Å²) < 4.78 is -0.219. The van der Waals surface area contributed by atoms with Crippen molar-refractivity contribution in [1.29, 1.82) is 0 Å². The highest BCUT2D eigenvalue weighted by molar-refractivity contribution is 14.1. The molecule has 0 spiro atoms. The van der Waals surface area contributed by atoms with Crippen LogP contribution in [0.25, 0.3) is 0 Å². The summed E-state index contributed by atoms with van der Waals surface area (Å²) >= 11 is 2.15. The Morgan fingerprint density at radius 3 is 2.40 bits per heavy atom. The molecule has 14 heteroatoms. The monoisotopic (exact) mass is 695 g/mol. The molecule has 13 nitrogen and oxygen atoms in total. The quantitative estimate of drug-likeness (QED) is 0.137. The maximum absolute atomic E-state index is 13.7. The molecule has 0 radical (unpaired) electrons. The zero-order chi connectivity index (χ0) is 30.7. The van der Waals surface area contributed by atoms with Crippen LogP contribution >= 0.6 is 22.6 Å². The third-order valence-electron chi connectivity index (χ3n) is 8.06. The molecule has 1 aromatic heterocycles. The number of hydrogen-bond acceptors (Lipinski definition) is 8. The summed E-state index contributed by atoms with van der Waals surface area (Å²) in [5.74, 6) is -3.96. The van der Waals surface area contributed by atoms with Crippen molar-refractivity contribution in [3.8, 4) is 0 Å². The highest BCUT2D eigenvalue weighted by Gasteiger charge is 2.57. The van der Waals surface area contributed by atoms with Gasteiger partial charge in [0.2, 0.25) is 23.5 Å². The largest absolute Gasteiger partial charge is 0.347 e. The Morgan fingerprint density at radius 1 is 1.10 bits per heavy atom. The van der Waals surface area contributed by atoms with Crippen molar-refractivity contribution < 1.29 is 28.8 Å². The van der Waals surface area contributed by atoms with Gasteiger partial charge in [-0.2, -0.15) is 0 Å². The zero-order valence-electron chi connectivity index (χ0n) is 24.1. The molecule has 42 heavy (non-hydrogen) atoms. The lowest BCUT2D eigenvalue weighted by Crippen LogP contribution is -2.57. The average Bonchev–Trinajstić information content (AvgIpc) is 3.67. The number of halogens is 1. The minimum Gasteiger partial charge on any atom is -0.347 e. The van der Waals surface area contributed by atoms with Crippen LogP contribution in [-0.2, 0) is 24.0 Å². The fourth-order valence-electron chi connectivity index (χ4n) is 5.58. The molecule has 2 saturated heterocycles. The van der Waals surface area contributed by atoms with E-state index < -0.39 is 59.5 Å². The molecular weight excluding hydrogens is 657 g/mol. The SMILES string of the molecule is CCCC(NC(=O)[C@@H]1[C@@H](I)CC2C(C)[C@H](NC(=O)[C@@H](NC(=O)c3cnccn3)C(C)C)C(=O)N21)C(=O)C(=O)NC1CC1. The first kappa shape index (κ1) is 31.8. The van der Waals surface area contributed by atoms with Gasteiger partial charge in [-0.25, -0.2) is 4.98 Å². The highest BCUT2D eigenvalue weighted by Crippen LogP contribution is 2.41. The fourth-order valence-corrected chi connectivity index (χ4v) is 6.77. The van der Waals surface area contributed by atoms with Crippen molar-refractivity contribution in [2.45, 2.75) is 100.0 Å². The van der Waals surface area contributed by atoms with E-state index in [4.69, 9.17) is 0 Å². The lowest BCUT2D eigenvalue weighted by molar-refractivity contribution is -0.142. The molecule has 1 saturated carbocycles. The van der Waals surface area contributed by atoms with E-state index in [2.05, 4.69) is 53.8 Å². The number of alkyl halides is 1. The number of amides is 5. The van der Waals surface area contributed by atoms with Gasteiger partial charge in [0.05, 0.1) is 12.2 Å². The molecule has 3 unspecified atom stereocenters. The summed E-state index contributed by atoms with van der Waals surface area (Å²) in [5.41, 5.74) is 0.0636. The summed E-state index contributed by atoms with van der Waals surface area (Å²) in [5, 5.41) is 10.9. The molecule has 7 atom stereocenters. The van der Waals surface area contributed by atoms with Crippen LogP contribution in [-0.4, -0.2) is 90.4 Å². The topological polar surface area (TPSA) is 180 Å². The standard InChI is InChI=1S/C28H38IN7O6/c1-5-6-17(23(37)27(41)32-15-7-8-15)33-26(40)22-16(29)11-19-14(4)21(28(42)36(19)22)35-25(39)20(13(2)3)34-24(38)18-12-30-9-10-31-18/h9-10,12-17,19-22H,5-8,11H2,1-4H3,(H,32,41)(H,33,40)(H,34,38)(H,35,39)/t14?,16-,17?,19?,20-,21-,22-/m0/s1. The molecular formula is C28H38IN7O6. The van der Waals surface area contributed by atoms with Gasteiger partial charge in [0.25, 0.3) is 11.8 Å². The molecule has 228 valence electrons. The molecule has 0 aromatic carbocycles. The van der Waals surface area contributed by atoms with Crippen LogP contribution in [0, 0.1) is 11.8 Å². The van der Waals surface area contributed by atoms with E-state index in [0.29, 0.717) is 19.3 Å². The van der Waals surface area contributed by atoms with Gasteiger partial charge in [0.15, 0.2) is 0 Å². The lowest BCUT2D eigenvalue weighted by atomic mass is 9.94. The number of hydrogen-bond donors (Lipinski definition) is 4. The van der Waals surface area contributed by atoms with Crippen molar-refractivity contribution in [1.82, 2.24) is 36.1 Å². The molecule has 4 rings (SSSR count). The van der Waals surface area contributed by atoms with Crippen LogP contribution in [0.3, 0.4) is 0 Å². The third kappa shape index (κ3) is 6.89. The predicted molar refractivity (Wildman–Crippen MR) is 159 cm³/mol. The summed E-state index contributed by atoms with van der Waals surface area (Å²) in [6.45, 7) is 7.26. The molecule has 1 aromatic rings. The number of rotatable bonds is 12. The number of nitrogens with zero attached hydrogens (tertiary/aromatic N) is 3. The molecule has 3 aliphatic rings. The van der Waals surface area contributed by atoms with Crippen molar-refractivity contribution in [2.24, 2.45) is 11.8 Å². The van der Waals surface area contributed by atoms with Crippen molar-refractivity contribution in [3.63, 3.8) is 0 Å². The smallest absolute Gasteiger partial charge is 0.289 e. The zero-order valence-corrected chi connectivity index (χ0v) is 26.3. The van der Waals surface area contributed by atoms with E-state index in [9.17, 15) is 28.8 Å². The second-order valence-corrected chi connectivity index (χ2v) is 13.2. The van der Waals surface area contributed by atoms with Gasteiger partial charge in [-0.05, 0) is 31.6 Å². The van der Waals surface area contributed by atoms with Gasteiger partial charge >= 0.3 is 0 Å². The number of nitrogens with one attached hydrogen (secondary N) is 4. The van der Waals surface area contributed by atoms with Crippen molar-refractivity contribution >= 4 is 57.9 Å². The van der Waals surface area contributed by atoms with Crippen LogP contribution in [0.2, 0.25) is 0 Å². The first-order valence-corrected chi connectivity index (χ1v) is 15.7. The highest BCUT2D eigenvalue weighted by atomic mass is 127. The Hall–Kier alpha value is -3.17. The van der Waals surface area contributed by atoms with Gasteiger partial charge in [-0.15, -0.1) is 0 Å². The molecule has 0 bridgehead atoms. The molecule has 5 amide bonds. The normalized spacial score (nSPS) is 26.3. The Bertz CT molecular complexity index is 1230. The molecule has 2 aliphatic heterocycles. The van der Waals surface area contributed by atoms with E-state index in [-0.39, 0.29) is 33.5 Å². The fraction of sp³-hybridized carbons (Fsp3) is 0.643. The van der Waals surface area contributed by atoms with Crippen LogP contribution in [0.15, 0.2) is 18.6 Å². The first-order valence-electron chi connectivity index (χ1n) is 14.4. The van der Waals surface area contributed by atoms with E-state index in [1.54, 1.807) is 13.8 Å². The molecule has 1 aliphatic carbocycles. The Labute approximate surface area is 258 Å². The van der Waals surface area contributed by atoms with Gasteiger partial charge < -0.3 is 26.2 Å². The van der Waals surface area contributed by atoms with Crippen molar-refractivity contribution in [2.75, 3.05) is 0 Å². The maximum atomic E-state index is 13.7. The second kappa shape index (κ2) is 13.4. The molecule has 3 fully saturated rings. The van der Waals surface area contributed by atoms with Crippen LogP contribution < -0.4 is 21.3 Å². The number of carbonyl (C=O) groups excluding carboxylic acids is 6. The third-order valence-corrected chi connectivity index (χ3v) is 9.25. The second-order valence-electron chi connectivity index (χ2n) is 11.6. The number of Topliss-reactive ketones (excluding diaryl/α,β-unsaturated/α-hetero) is 1. The van der Waals surface area contributed by atoms with Gasteiger partial charge in [-0.3, -0.25) is 33.8 Å². The summed E-state index contributed by atoms with van der Waals surface area (Å²) in [6, 6.07) is -3.96. The Balaban J connectivity index is 1.44. The van der Waals surface area contributed by atoms with Crippen LogP contribution in [0.1, 0.15) is 70.3 Å². The predicted octanol–water partition coefficient (Wildman–Crippen LogP) is 0.271. The van der Waals surface area contributed by atoms with E-state index >= 15 is 0 Å². The summed E-state index contributed by atoms with van der Waals surface area (Å²) in [7, 11) is 0. The minimum absolute atomic E-state index is 0.0141. The van der Waals surface area contributed by atoms with Gasteiger partial charge in [0.1, 0.15) is 23.8 Å². The van der Waals surface area contributed by atoms with E-state index in [0.717, 1.165) is 12.8 Å². The molecule has 4 N–H and O–H groups in total. The number of aromatic nitrogens is 2. The number of carbonyl (C=O) groups is 6. The number of fused-ring (bicyclic) bond motifs is 1. The van der Waals surface area contributed by atoms with E-state index in [1.807, 2.05) is 13.8 Å². The first-order chi connectivity index (χ1) is 19.9. The maximum Gasteiger partial charge on any atom is 0.289 e. The van der Waals surface area contributed by atoms with Crippen LogP contribution in [0.5, 0.6) is 0 Å². The van der Waals surface area contributed by atoms with Gasteiger partial charge in [-0.1, -0.05) is 56.7 Å². The average molecular weight is 696 g/mol. The van der Waals surface area contributed by atoms with Gasteiger partial charge in [0, 0.05) is 34.3 Å². The minimum atomic E-state index is -0.987. The van der Waals surface area contributed by atoms with Crippen molar-refractivity contribution in [3.05, 3.63) is 24.3 Å². The van der Waals surface area contributed by atoms with E-state index in [1.165, 1.54) is 23.5 Å². The summed E-state index contributed by atoms with van der Waals surface area (Å²) in [6.07, 6.45) is 7.18. The number of ketones is 1. The summed E-state index contributed by atoms with van der Waals surface area (Å²) in [4.78, 5) is 87.8. The Kier molecular flexibility index (Phi) is 10.1. The van der Waals surface area contributed by atoms with Crippen LogP contribution in [0.4, 0.5) is 0 Å².